The number of benzene rings is 2. The van der Waals surface area contributed by atoms with Crippen molar-refractivity contribution in [2.75, 3.05) is 20.1 Å². The fraction of sp³-hybridized carbons (Fsp3) is 0.333. The van der Waals surface area contributed by atoms with Gasteiger partial charge in [0.2, 0.25) is 0 Å². The first kappa shape index (κ1) is 18.9. The van der Waals surface area contributed by atoms with Crippen LogP contribution in [0.4, 0.5) is 0 Å². The molecule has 2 aliphatic rings. The van der Waals surface area contributed by atoms with Crippen LogP contribution < -0.4 is 15.6 Å². The molecule has 0 radical (unpaired) electrons. The fourth-order valence-electron chi connectivity index (χ4n) is 4.65. The van der Waals surface area contributed by atoms with Crippen LogP contribution in [0.15, 0.2) is 59.4 Å². The van der Waals surface area contributed by atoms with Gasteiger partial charge in [0.15, 0.2) is 0 Å². The number of ether oxygens (including phenoxy) is 1. The summed E-state index contributed by atoms with van der Waals surface area (Å²) in [5.41, 5.74) is 0.742. The number of aromatic nitrogens is 1. The van der Waals surface area contributed by atoms with Crippen molar-refractivity contribution in [2.45, 2.75) is 30.9 Å². The highest BCUT2D eigenvalue weighted by atomic mass is 16.5. The Morgan fingerprint density at radius 2 is 1.87 bits per heavy atom. The molecule has 2 aliphatic heterocycles. The third-order valence-electron chi connectivity index (χ3n) is 6.40. The van der Waals surface area contributed by atoms with E-state index in [0.717, 1.165) is 49.1 Å². The standard InChI is InChI=1S/C24H25N3O3/c1-27-12-10-24(11-13-27)15-20(18-8-4-5-9-21(18)30-24)26-23(29)19-14-16-6-2-3-7-17(16)22(28)25-19/h2-9,14,20H,10-13,15H2,1H3,(H,25,28)(H,26,29). The summed E-state index contributed by atoms with van der Waals surface area (Å²) >= 11 is 0. The van der Waals surface area contributed by atoms with Crippen LogP contribution in [0.1, 0.15) is 41.4 Å². The van der Waals surface area contributed by atoms with E-state index in [0.29, 0.717) is 5.39 Å². The van der Waals surface area contributed by atoms with Crippen LogP contribution in [0.3, 0.4) is 0 Å². The zero-order valence-corrected chi connectivity index (χ0v) is 17.0. The number of hydrogen-bond acceptors (Lipinski definition) is 4. The van der Waals surface area contributed by atoms with Gasteiger partial charge < -0.3 is 19.9 Å². The van der Waals surface area contributed by atoms with E-state index < -0.39 is 0 Å². The van der Waals surface area contributed by atoms with Crippen molar-refractivity contribution in [3.05, 3.63) is 76.2 Å². The summed E-state index contributed by atoms with van der Waals surface area (Å²) < 4.78 is 6.47. The number of pyridine rings is 1. The molecule has 30 heavy (non-hydrogen) atoms. The van der Waals surface area contributed by atoms with E-state index in [-0.39, 0.29) is 28.8 Å². The Kier molecular flexibility index (Phi) is 4.59. The summed E-state index contributed by atoms with van der Waals surface area (Å²) in [7, 11) is 2.12. The molecular weight excluding hydrogens is 378 g/mol. The molecule has 3 aromatic rings. The van der Waals surface area contributed by atoms with Gasteiger partial charge >= 0.3 is 0 Å². The van der Waals surface area contributed by atoms with Gasteiger partial charge in [0.25, 0.3) is 11.5 Å². The monoisotopic (exact) mass is 403 g/mol. The number of nitrogens with zero attached hydrogens (tertiary/aromatic N) is 1. The van der Waals surface area contributed by atoms with E-state index in [4.69, 9.17) is 4.74 Å². The molecule has 5 rings (SSSR count). The third kappa shape index (κ3) is 3.37. The van der Waals surface area contributed by atoms with Gasteiger partial charge in [-0.2, -0.15) is 0 Å². The number of para-hydroxylation sites is 1. The number of rotatable bonds is 2. The predicted octanol–water partition coefficient (Wildman–Crippen LogP) is 3.25. The Hall–Kier alpha value is -3.12. The Balaban J connectivity index is 1.46. The smallest absolute Gasteiger partial charge is 0.268 e. The van der Waals surface area contributed by atoms with Gasteiger partial charge in [0, 0.05) is 30.5 Å². The van der Waals surface area contributed by atoms with Crippen LogP contribution in [-0.4, -0.2) is 41.5 Å². The van der Waals surface area contributed by atoms with Crippen LogP contribution in [0, 0.1) is 0 Å². The second kappa shape index (κ2) is 7.29. The van der Waals surface area contributed by atoms with Gasteiger partial charge in [-0.05, 0) is 43.5 Å². The van der Waals surface area contributed by atoms with Crippen LogP contribution in [0.2, 0.25) is 0 Å². The summed E-state index contributed by atoms with van der Waals surface area (Å²) in [5, 5.41) is 4.50. The molecule has 2 N–H and O–H groups in total. The zero-order chi connectivity index (χ0) is 20.7. The topological polar surface area (TPSA) is 74.4 Å². The molecule has 0 bridgehead atoms. The first-order valence-electron chi connectivity index (χ1n) is 10.4. The lowest BCUT2D eigenvalue weighted by Crippen LogP contribution is -2.51. The normalized spacial score (nSPS) is 20.5. The van der Waals surface area contributed by atoms with Crippen molar-refractivity contribution >= 4 is 16.7 Å². The zero-order valence-electron chi connectivity index (χ0n) is 17.0. The number of piperidine rings is 1. The molecule has 154 valence electrons. The molecule has 6 heteroatoms. The van der Waals surface area contributed by atoms with Gasteiger partial charge in [-0.15, -0.1) is 0 Å². The minimum absolute atomic E-state index is 0.166. The van der Waals surface area contributed by atoms with E-state index >= 15 is 0 Å². The molecule has 1 aromatic heterocycles. The number of aromatic amines is 1. The average molecular weight is 403 g/mol. The molecule has 1 fully saturated rings. The van der Waals surface area contributed by atoms with Gasteiger partial charge in [-0.3, -0.25) is 9.59 Å². The first-order chi connectivity index (χ1) is 14.5. The number of H-pyrrole nitrogens is 1. The largest absolute Gasteiger partial charge is 0.487 e. The summed E-state index contributed by atoms with van der Waals surface area (Å²) in [6, 6.07) is 16.8. The van der Waals surface area contributed by atoms with Crippen molar-refractivity contribution < 1.29 is 9.53 Å². The van der Waals surface area contributed by atoms with E-state index in [2.05, 4.69) is 22.2 Å². The maximum Gasteiger partial charge on any atom is 0.268 e. The predicted molar refractivity (Wildman–Crippen MR) is 116 cm³/mol. The molecule has 1 atom stereocenters. The number of carbonyl (C=O) groups is 1. The summed E-state index contributed by atoms with van der Waals surface area (Å²) in [6.07, 6.45) is 2.58. The maximum absolute atomic E-state index is 13.1. The van der Waals surface area contributed by atoms with E-state index in [1.165, 1.54) is 0 Å². The molecule has 1 amide bonds. The highest BCUT2D eigenvalue weighted by Gasteiger charge is 2.43. The lowest BCUT2D eigenvalue weighted by molar-refractivity contribution is -0.0196. The molecule has 6 nitrogen and oxygen atoms in total. The van der Waals surface area contributed by atoms with E-state index in [9.17, 15) is 9.59 Å². The van der Waals surface area contributed by atoms with E-state index in [1.807, 2.05) is 42.5 Å². The lowest BCUT2D eigenvalue weighted by atomic mass is 9.80. The van der Waals surface area contributed by atoms with Crippen LogP contribution in [-0.2, 0) is 0 Å². The van der Waals surface area contributed by atoms with E-state index in [1.54, 1.807) is 12.1 Å². The molecule has 0 saturated carbocycles. The number of amides is 1. The van der Waals surface area contributed by atoms with Crippen LogP contribution in [0.25, 0.3) is 10.8 Å². The van der Waals surface area contributed by atoms with Crippen molar-refractivity contribution in [1.29, 1.82) is 0 Å². The summed E-state index contributed by atoms with van der Waals surface area (Å²) in [4.78, 5) is 30.6. The number of carbonyl (C=O) groups excluding carboxylic acids is 1. The van der Waals surface area contributed by atoms with Crippen LogP contribution >= 0.6 is 0 Å². The van der Waals surface area contributed by atoms with Crippen molar-refractivity contribution in [1.82, 2.24) is 15.2 Å². The van der Waals surface area contributed by atoms with Crippen LogP contribution in [0.5, 0.6) is 5.75 Å². The third-order valence-corrected chi connectivity index (χ3v) is 6.40. The Labute approximate surface area is 174 Å². The molecule has 3 heterocycles. The number of hydrogen-bond donors (Lipinski definition) is 2. The Morgan fingerprint density at radius 1 is 1.13 bits per heavy atom. The molecule has 1 saturated heterocycles. The summed E-state index contributed by atoms with van der Waals surface area (Å²) in [6.45, 7) is 1.95. The number of nitrogens with one attached hydrogen (secondary N) is 2. The Morgan fingerprint density at radius 3 is 2.70 bits per heavy atom. The number of fused-ring (bicyclic) bond motifs is 2. The van der Waals surface area contributed by atoms with Crippen molar-refractivity contribution in [2.24, 2.45) is 0 Å². The molecule has 1 spiro atoms. The number of likely N-dealkylation sites (tertiary alicyclic amines) is 1. The van der Waals surface area contributed by atoms with Gasteiger partial charge in [0.05, 0.1) is 6.04 Å². The maximum atomic E-state index is 13.1. The van der Waals surface area contributed by atoms with Gasteiger partial charge in [0.1, 0.15) is 17.0 Å². The minimum Gasteiger partial charge on any atom is -0.487 e. The molecular formula is C24H25N3O3. The summed E-state index contributed by atoms with van der Waals surface area (Å²) in [5.74, 6) is 0.563. The average Bonchev–Trinajstić information content (AvgIpc) is 2.76. The van der Waals surface area contributed by atoms with Gasteiger partial charge in [-0.1, -0.05) is 36.4 Å². The Bertz CT molecular complexity index is 1160. The van der Waals surface area contributed by atoms with Crippen molar-refractivity contribution in [3.63, 3.8) is 0 Å². The highest BCUT2D eigenvalue weighted by molar-refractivity contribution is 5.96. The lowest BCUT2D eigenvalue weighted by Gasteiger charge is -2.46. The first-order valence-corrected chi connectivity index (χ1v) is 10.4. The SMILES string of the molecule is CN1CCC2(CC1)CC(NC(=O)c1cc3ccccc3c(=O)[nH]1)c1ccccc1O2. The van der Waals surface area contributed by atoms with Gasteiger partial charge in [-0.25, -0.2) is 0 Å². The second-order valence-electron chi connectivity index (χ2n) is 8.46. The van der Waals surface area contributed by atoms with Crippen molar-refractivity contribution in [3.8, 4) is 5.75 Å². The minimum atomic E-state index is -0.275. The molecule has 0 aliphatic carbocycles. The highest BCUT2D eigenvalue weighted by Crippen LogP contribution is 2.44. The molecule has 2 aromatic carbocycles. The quantitative estimate of drug-likeness (QED) is 0.689. The molecule has 1 unspecified atom stereocenters. The fourth-order valence-corrected chi connectivity index (χ4v) is 4.65. The second-order valence-corrected chi connectivity index (χ2v) is 8.46.